The van der Waals surface area contributed by atoms with E-state index in [9.17, 15) is 0 Å². The summed E-state index contributed by atoms with van der Waals surface area (Å²) in [6, 6.07) is 21.9. The van der Waals surface area contributed by atoms with Gasteiger partial charge in [0.2, 0.25) is 0 Å². The zero-order valence-electron chi connectivity index (χ0n) is 12.6. The highest BCUT2D eigenvalue weighted by atomic mass is 15.2. The minimum absolute atomic E-state index is 0.417. The summed E-state index contributed by atoms with van der Waals surface area (Å²) in [6.07, 6.45) is 0. The van der Waals surface area contributed by atoms with Crippen LogP contribution >= 0.6 is 0 Å². The van der Waals surface area contributed by atoms with E-state index < -0.39 is 0 Å². The number of nitrogens with one attached hydrogen (secondary N) is 1. The third-order valence-corrected chi connectivity index (χ3v) is 3.97. The van der Waals surface area contributed by atoms with Crippen LogP contribution in [0.15, 0.2) is 60.7 Å². The lowest BCUT2D eigenvalue weighted by Crippen LogP contribution is -2.45. The molecule has 2 heteroatoms. The van der Waals surface area contributed by atoms with Crippen molar-refractivity contribution >= 4 is 5.69 Å². The number of benzene rings is 2. The molecule has 0 aliphatic heterocycles. The lowest BCUT2D eigenvalue weighted by molar-refractivity contribution is 0.463. The van der Waals surface area contributed by atoms with Gasteiger partial charge in [0, 0.05) is 31.4 Å². The minimum Gasteiger partial charge on any atom is -0.370 e. The quantitative estimate of drug-likeness (QED) is 0.859. The SMILES string of the molecule is C[C@H]([C@@H](C)NCc1ccccc1)N(C)c1ccccc1. The first-order valence-electron chi connectivity index (χ1n) is 7.23. The monoisotopic (exact) mass is 268 g/mol. The van der Waals surface area contributed by atoms with E-state index in [1.807, 2.05) is 0 Å². The molecule has 1 N–H and O–H groups in total. The third-order valence-electron chi connectivity index (χ3n) is 3.97. The van der Waals surface area contributed by atoms with E-state index in [1.165, 1.54) is 11.3 Å². The van der Waals surface area contributed by atoms with E-state index in [4.69, 9.17) is 0 Å². The Morgan fingerprint density at radius 3 is 2.05 bits per heavy atom. The maximum absolute atomic E-state index is 3.61. The second-order valence-corrected chi connectivity index (χ2v) is 5.34. The number of likely N-dealkylation sites (N-methyl/N-ethyl adjacent to an activating group) is 1. The molecule has 0 radical (unpaired) electrons. The third kappa shape index (κ3) is 3.84. The van der Waals surface area contributed by atoms with Crippen molar-refractivity contribution in [3.05, 3.63) is 66.2 Å². The van der Waals surface area contributed by atoms with Crippen molar-refractivity contribution in [1.29, 1.82) is 0 Å². The molecule has 0 aliphatic rings. The van der Waals surface area contributed by atoms with Crippen molar-refractivity contribution in [2.75, 3.05) is 11.9 Å². The number of para-hydroxylation sites is 1. The average molecular weight is 268 g/mol. The highest BCUT2D eigenvalue weighted by Gasteiger charge is 2.16. The van der Waals surface area contributed by atoms with Crippen molar-refractivity contribution < 1.29 is 0 Å². The molecule has 0 heterocycles. The zero-order valence-corrected chi connectivity index (χ0v) is 12.6. The summed E-state index contributed by atoms with van der Waals surface area (Å²) in [5, 5.41) is 3.61. The first-order chi connectivity index (χ1) is 9.68. The fourth-order valence-electron chi connectivity index (χ4n) is 2.28. The number of anilines is 1. The lowest BCUT2D eigenvalue weighted by atomic mass is 10.1. The molecule has 2 nitrogen and oxygen atoms in total. The van der Waals surface area contributed by atoms with Crippen molar-refractivity contribution in [3.63, 3.8) is 0 Å². The van der Waals surface area contributed by atoms with Gasteiger partial charge >= 0.3 is 0 Å². The summed E-state index contributed by atoms with van der Waals surface area (Å²) in [4.78, 5) is 2.32. The largest absolute Gasteiger partial charge is 0.370 e. The van der Waals surface area contributed by atoms with Crippen LogP contribution in [0.5, 0.6) is 0 Å². The van der Waals surface area contributed by atoms with Crippen LogP contribution in [0.4, 0.5) is 5.69 Å². The molecule has 0 aromatic heterocycles. The first kappa shape index (κ1) is 14.6. The zero-order chi connectivity index (χ0) is 14.4. The number of nitrogens with zero attached hydrogens (tertiary/aromatic N) is 1. The van der Waals surface area contributed by atoms with Crippen molar-refractivity contribution in [1.82, 2.24) is 5.32 Å². The summed E-state index contributed by atoms with van der Waals surface area (Å²) >= 11 is 0. The van der Waals surface area contributed by atoms with Crippen LogP contribution in [0.2, 0.25) is 0 Å². The van der Waals surface area contributed by atoms with Crippen molar-refractivity contribution in [2.45, 2.75) is 32.5 Å². The standard InChI is InChI=1S/C18H24N2/c1-15(19-14-17-10-6-4-7-11-17)16(2)20(3)18-12-8-5-9-13-18/h4-13,15-16,19H,14H2,1-3H3/t15-,16-/m1/s1. The maximum atomic E-state index is 3.61. The van der Waals surface area contributed by atoms with Crippen LogP contribution in [0, 0.1) is 0 Å². The molecule has 20 heavy (non-hydrogen) atoms. The van der Waals surface area contributed by atoms with Crippen molar-refractivity contribution in [2.24, 2.45) is 0 Å². The molecule has 0 amide bonds. The molecule has 2 aromatic carbocycles. The minimum atomic E-state index is 0.417. The Morgan fingerprint density at radius 2 is 1.45 bits per heavy atom. The molecule has 0 aliphatic carbocycles. The van der Waals surface area contributed by atoms with Gasteiger partial charge in [-0.05, 0) is 31.5 Å². The Hall–Kier alpha value is -1.80. The summed E-state index contributed by atoms with van der Waals surface area (Å²) < 4.78 is 0. The molecule has 0 bridgehead atoms. The van der Waals surface area contributed by atoms with Crippen LogP contribution in [0.1, 0.15) is 19.4 Å². The van der Waals surface area contributed by atoms with Gasteiger partial charge in [-0.3, -0.25) is 0 Å². The summed E-state index contributed by atoms with van der Waals surface area (Å²) in [5.41, 5.74) is 2.59. The summed E-state index contributed by atoms with van der Waals surface area (Å²) in [5.74, 6) is 0. The lowest BCUT2D eigenvalue weighted by Gasteiger charge is -2.32. The summed E-state index contributed by atoms with van der Waals surface area (Å²) in [6.45, 7) is 5.41. The fraction of sp³-hybridized carbons (Fsp3) is 0.333. The molecular formula is C18H24N2. The van der Waals surface area contributed by atoms with Crippen molar-refractivity contribution in [3.8, 4) is 0 Å². The highest BCUT2D eigenvalue weighted by Crippen LogP contribution is 2.16. The second-order valence-electron chi connectivity index (χ2n) is 5.34. The van der Waals surface area contributed by atoms with E-state index in [0.717, 1.165) is 6.54 Å². The smallest absolute Gasteiger partial charge is 0.0409 e. The highest BCUT2D eigenvalue weighted by molar-refractivity contribution is 5.46. The van der Waals surface area contributed by atoms with Gasteiger partial charge < -0.3 is 10.2 Å². The van der Waals surface area contributed by atoms with E-state index in [2.05, 4.69) is 91.8 Å². The molecule has 2 atom stereocenters. The fourth-order valence-corrected chi connectivity index (χ4v) is 2.28. The topological polar surface area (TPSA) is 15.3 Å². The van der Waals surface area contributed by atoms with Crippen LogP contribution in [0.25, 0.3) is 0 Å². The van der Waals surface area contributed by atoms with Gasteiger partial charge in [-0.1, -0.05) is 48.5 Å². The predicted octanol–water partition coefficient (Wildman–Crippen LogP) is 3.69. The molecule has 0 fully saturated rings. The van der Waals surface area contributed by atoms with E-state index >= 15 is 0 Å². The molecule has 0 saturated carbocycles. The normalized spacial score (nSPS) is 13.8. The van der Waals surface area contributed by atoms with E-state index in [-0.39, 0.29) is 0 Å². The molecule has 106 valence electrons. The van der Waals surface area contributed by atoms with Crippen LogP contribution in [-0.2, 0) is 6.54 Å². The maximum Gasteiger partial charge on any atom is 0.0409 e. The first-order valence-corrected chi connectivity index (χ1v) is 7.23. The number of hydrogen-bond acceptors (Lipinski definition) is 2. The van der Waals surface area contributed by atoms with Gasteiger partial charge in [0.15, 0.2) is 0 Å². The molecule has 0 unspecified atom stereocenters. The Labute approximate surface area is 122 Å². The van der Waals surface area contributed by atoms with Crippen LogP contribution in [0.3, 0.4) is 0 Å². The van der Waals surface area contributed by atoms with E-state index in [0.29, 0.717) is 12.1 Å². The average Bonchev–Trinajstić information content (AvgIpc) is 2.53. The Kier molecular flexibility index (Phi) is 5.19. The predicted molar refractivity (Wildman–Crippen MR) is 87.1 cm³/mol. The molecule has 0 saturated heterocycles. The Balaban J connectivity index is 1.90. The van der Waals surface area contributed by atoms with Gasteiger partial charge in [-0.15, -0.1) is 0 Å². The molecule has 0 spiro atoms. The number of hydrogen-bond donors (Lipinski definition) is 1. The second kappa shape index (κ2) is 7.11. The number of rotatable bonds is 6. The van der Waals surface area contributed by atoms with Crippen LogP contribution < -0.4 is 10.2 Å². The van der Waals surface area contributed by atoms with E-state index in [1.54, 1.807) is 0 Å². The van der Waals surface area contributed by atoms with Gasteiger partial charge in [0.25, 0.3) is 0 Å². The molecular weight excluding hydrogens is 244 g/mol. The van der Waals surface area contributed by atoms with Gasteiger partial charge in [0.05, 0.1) is 0 Å². The Bertz CT molecular complexity index is 495. The van der Waals surface area contributed by atoms with Gasteiger partial charge in [-0.25, -0.2) is 0 Å². The van der Waals surface area contributed by atoms with Gasteiger partial charge in [-0.2, -0.15) is 0 Å². The molecule has 2 aromatic rings. The summed E-state index contributed by atoms with van der Waals surface area (Å²) in [7, 11) is 2.15. The Morgan fingerprint density at radius 1 is 0.900 bits per heavy atom. The molecule has 2 rings (SSSR count). The van der Waals surface area contributed by atoms with Crippen LogP contribution in [-0.4, -0.2) is 19.1 Å². The van der Waals surface area contributed by atoms with Gasteiger partial charge in [0.1, 0.15) is 0 Å².